The summed E-state index contributed by atoms with van der Waals surface area (Å²) in [7, 11) is 0. The number of ketones is 1. The number of benzene rings is 1. The SMILES string of the molecule is CC(=O)c1sccc1-c1cc(N)ccc1O. The van der Waals surface area contributed by atoms with Gasteiger partial charge in [0, 0.05) is 16.8 Å². The van der Waals surface area contributed by atoms with Crippen LogP contribution in [0.3, 0.4) is 0 Å². The van der Waals surface area contributed by atoms with Crippen molar-refractivity contribution >= 4 is 22.8 Å². The van der Waals surface area contributed by atoms with E-state index in [1.54, 1.807) is 12.1 Å². The molecule has 0 aliphatic carbocycles. The molecule has 0 saturated carbocycles. The van der Waals surface area contributed by atoms with Gasteiger partial charge in [-0.05, 0) is 36.6 Å². The number of carbonyl (C=O) groups is 1. The summed E-state index contributed by atoms with van der Waals surface area (Å²) in [5.41, 5.74) is 7.57. The molecule has 3 nitrogen and oxygen atoms in total. The summed E-state index contributed by atoms with van der Waals surface area (Å²) in [4.78, 5) is 12.0. The van der Waals surface area contributed by atoms with Crippen LogP contribution in [0, 0.1) is 0 Å². The van der Waals surface area contributed by atoms with Crippen LogP contribution in [0.2, 0.25) is 0 Å². The lowest BCUT2D eigenvalue weighted by molar-refractivity contribution is 0.102. The smallest absolute Gasteiger partial charge is 0.170 e. The third-order valence-corrected chi connectivity index (χ3v) is 3.31. The Hall–Kier alpha value is -1.81. The van der Waals surface area contributed by atoms with Gasteiger partial charge in [0.15, 0.2) is 5.78 Å². The van der Waals surface area contributed by atoms with E-state index in [-0.39, 0.29) is 11.5 Å². The van der Waals surface area contributed by atoms with E-state index in [2.05, 4.69) is 0 Å². The summed E-state index contributed by atoms with van der Waals surface area (Å²) >= 11 is 1.37. The van der Waals surface area contributed by atoms with Gasteiger partial charge in [-0.1, -0.05) is 0 Å². The van der Waals surface area contributed by atoms with E-state index in [1.165, 1.54) is 24.3 Å². The van der Waals surface area contributed by atoms with Gasteiger partial charge in [-0.2, -0.15) is 0 Å². The first kappa shape index (κ1) is 10.7. The molecule has 0 radical (unpaired) electrons. The minimum Gasteiger partial charge on any atom is -0.507 e. The van der Waals surface area contributed by atoms with E-state index in [0.29, 0.717) is 16.1 Å². The highest BCUT2D eigenvalue weighted by Gasteiger charge is 2.13. The molecule has 0 bridgehead atoms. The Balaban J connectivity index is 2.62. The Kier molecular flexibility index (Phi) is 2.66. The predicted octanol–water partition coefficient (Wildman–Crippen LogP) is 2.91. The first-order chi connectivity index (χ1) is 7.59. The number of rotatable bonds is 2. The Labute approximate surface area is 97.2 Å². The highest BCUT2D eigenvalue weighted by atomic mass is 32.1. The van der Waals surface area contributed by atoms with Crippen LogP contribution < -0.4 is 5.73 Å². The molecule has 0 aliphatic heterocycles. The van der Waals surface area contributed by atoms with Crippen LogP contribution in [-0.4, -0.2) is 10.9 Å². The average molecular weight is 233 g/mol. The van der Waals surface area contributed by atoms with Crippen LogP contribution in [0.5, 0.6) is 5.75 Å². The normalized spacial score (nSPS) is 10.3. The molecule has 0 saturated heterocycles. The molecule has 1 aromatic heterocycles. The van der Waals surface area contributed by atoms with E-state index in [1.807, 2.05) is 11.4 Å². The number of nitrogens with two attached hydrogens (primary N) is 1. The number of thiophene rings is 1. The maximum atomic E-state index is 11.4. The topological polar surface area (TPSA) is 63.3 Å². The summed E-state index contributed by atoms with van der Waals surface area (Å²) in [5, 5.41) is 11.6. The number of anilines is 1. The van der Waals surface area contributed by atoms with E-state index in [0.717, 1.165) is 5.56 Å². The van der Waals surface area contributed by atoms with Crippen LogP contribution in [0.15, 0.2) is 29.6 Å². The number of carbonyl (C=O) groups excluding carboxylic acids is 1. The molecule has 2 aromatic rings. The second-order valence-corrected chi connectivity index (χ2v) is 4.41. The highest BCUT2D eigenvalue weighted by molar-refractivity contribution is 7.12. The molecule has 1 heterocycles. The number of phenolic OH excluding ortho intramolecular Hbond substituents is 1. The molecule has 3 N–H and O–H groups in total. The van der Waals surface area contributed by atoms with Crippen LogP contribution >= 0.6 is 11.3 Å². The summed E-state index contributed by atoms with van der Waals surface area (Å²) < 4.78 is 0. The zero-order valence-corrected chi connectivity index (χ0v) is 9.54. The zero-order valence-electron chi connectivity index (χ0n) is 8.73. The molecule has 82 valence electrons. The number of hydrogen-bond donors (Lipinski definition) is 2. The number of hydrogen-bond acceptors (Lipinski definition) is 4. The van der Waals surface area contributed by atoms with Gasteiger partial charge in [0.1, 0.15) is 5.75 Å². The largest absolute Gasteiger partial charge is 0.507 e. The molecule has 0 fully saturated rings. The lowest BCUT2D eigenvalue weighted by atomic mass is 10.0. The van der Waals surface area contributed by atoms with Crippen molar-refractivity contribution < 1.29 is 9.90 Å². The Morgan fingerprint density at radius 2 is 2.06 bits per heavy atom. The lowest BCUT2D eigenvalue weighted by Gasteiger charge is -2.05. The summed E-state index contributed by atoms with van der Waals surface area (Å²) in [6, 6.07) is 6.64. The minimum atomic E-state index is -0.00757. The molecule has 1 aromatic carbocycles. The van der Waals surface area contributed by atoms with Crippen molar-refractivity contribution in [3.63, 3.8) is 0 Å². The summed E-state index contributed by atoms with van der Waals surface area (Å²) in [6.45, 7) is 1.51. The quantitative estimate of drug-likeness (QED) is 0.476. The van der Waals surface area contributed by atoms with E-state index in [4.69, 9.17) is 5.73 Å². The molecular formula is C12H11NO2S. The van der Waals surface area contributed by atoms with Crippen LogP contribution in [-0.2, 0) is 0 Å². The zero-order chi connectivity index (χ0) is 11.7. The van der Waals surface area contributed by atoms with Gasteiger partial charge in [0.2, 0.25) is 0 Å². The molecule has 4 heteroatoms. The molecular weight excluding hydrogens is 222 g/mol. The van der Waals surface area contributed by atoms with Crippen molar-refractivity contribution in [2.75, 3.05) is 5.73 Å². The van der Waals surface area contributed by atoms with Gasteiger partial charge in [-0.25, -0.2) is 0 Å². The van der Waals surface area contributed by atoms with Gasteiger partial charge in [-0.15, -0.1) is 11.3 Å². The van der Waals surface area contributed by atoms with Crippen LogP contribution in [0.4, 0.5) is 5.69 Å². The fourth-order valence-electron chi connectivity index (χ4n) is 1.56. The van der Waals surface area contributed by atoms with Gasteiger partial charge in [0.05, 0.1) is 4.88 Å². The van der Waals surface area contributed by atoms with Gasteiger partial charge in [-0.3, -0.25) is 4.79 Å². The number of phenols is 1. The Morgan fingerprint density at radius 3 is 2.75 bits per heavy atom. The maximum absolute atomic E-state index is 11.4. The lowest BCUT2D eigenvalue weighted by Crippen LogP contribution is -1.92. The van der Waals surface area contributed by atoms with Crippen molar-refractivity contribution in [3.05, 3.63) is 34.5 Å². The second-order valence-electron chi connectivity index (χ2n) is 3.50. The van der Waals surface area contributed by atoms with E-state index >= 15 is 0 Å². The maximum Gasteiger partial charge on any atom is 0.170 e. The van der Waals surface area contributed by atoms with E-state index < -0.39 is 0 Å². The molecule has 0 amide bonds. The molecule has 16 heavy (non-hydrogen) atoms. The third kappa shape index (κ3) is 1.79. The van der Waals surface area contributed by atoms with Crippen molar-refractivity contribution in [1.82, 2.24) is 0 Å². The molecule has 0 aliphatic rings. The first-order valence-electron chi connectivity index (χ1n) is 4.77. The number of Topliss-reactive ketones (excluding diaryl/α,β-unsaturated/α-hetero) is 1. The Morgan fingerprint density at radius 1 is 1.31 bits per heavy atom. The second kappa shape index (κ2) is 3.98. The van der Waals surface area contributed by atoms with Gasteiger partial charge >= 0.3 is 0 Å². The van der Waals surface area contributed by atoms with Crippen LogP contribution in [0.25, 0.3) is 11.1 Å². The first-order valence-corrected chi connectivity index (χ1v) is 5.65. The molecule has 0 spiro atoms. The summed E-state index contributed by atoms with van der Waals surface area (Å²) in [6.07, 6.45) is 0. The monoisotopic (exact) mass is 233 g/mol. The number of aromatic hydroxyl groups is 1. The number of nitrogen functional groups attached to an aromatic ring is 1. The van der Waals surface area contributed by atoms with Gasteiger partial charge in [0.25, 0.3) is 0 Å². The Bertz CT molecular complexity index is 546. The van der Waals surface area contributed by atoms with E-state index in [9.17, 15) is 9.90 Å². The van der Waals surface area contributed by atoms with Crippen molar-refractivity contribution in [2.24, 2.45) is 0 Å². The predicted molar refractivity (Wildman–Crippen MR) is 65.8 cm³/mol. The standard InChI is InChI=1S/C12H11NO2S/c1-7(14)12-9(4-5-16-12)10-6-8(13)2-3-11(10)15/h2-6,15H,13H2,1H3. The molecule has 0 unspecified atom stereocenters. The summed E-state index contributed by atoms with van der Waals surface area (Å²) in [5.74, 6) is 0.127. The third-order valence-electron chi connectivity index (χ3n) is 2.30. The van der Waals surface area contributed by atoms with Crippen molar-refractivity contribution in [1.29, 1.82) is 0 Å². The fraction of sp³-hybridized carbons (Fsp3) is 0.0833. The average Bonchev–Trinajstić information content (AvgIpc) is 2.70. The van der Waals surface area contributed by atoms with Crippen molar-refractivity contribution in [3.8, 4) is 16.9 Å². The minimum absolute atomic E-state index is 0.00757. The van der Waals surface area contributed by atoms with Crippen molar-refractivity contribution in [2.45, 2.75) is 6.92 Å². The highest BCUT2D eigenvalue weighted by Crippen LogP contribution is 2.35. The van der Waals surface area contributed by atoms with Crippen LogP contribution in [0.1, 0.15) is 16.6 Å². The fourth-order valence-corrected chi connectivity index (χ4v) is 2.37. The molecule has 0 atom stereocenters. The molecule has 2 rings (SSSR count). The van der Waals surface area contributed by atoms with Gasteiger partial charge < -0.3 is 10.8 Å².